The van der Waals surface area contributed by atoms with Gasteiger partial charge < -0.3 is 19.8 Å². The van der Waals surface area contributed by atoms with Crippen molar-refractivity contribution >= 4 is 5.91 Å². The van der Waals surface area contributed by atoms with Gasteiger partial charge in [0.05, 0.1) is 6.61 Å². The third kappa shape index (κ3) is 3.63. The van der Waals surface area contributed by atoms with E-state index in [-0.39, 0.29) is 17.4 Å². The van der Waals surface area contributed by atoms with Gasteiger partial charge in [-0.15, -0.1) is 0 Å². The van der Waals surface area contributed by atoms with Crippen LogP contribution in [0.3, 0.4) is 0 Å². The number of benzene rings is 1. The van der Waals surface area contributed by atoms with Crippen LogP contribution in [0.15, 0.2) is 18.2 Å². The second-order valence-corrected chi connectivity index (χ2v) is 3.79. The number of phenolic OH excluding ortho intramolecular Hbond substituents is 2. The van der Waals surface area contributed by atoms with Gasteiger partial charge in [0.25, 0.3) is 5.91 Å². The minimum Gasteiger partial charge on any atom is -0.504 e. The van der Waals surface area contributed by atoms with Crippen LogP contribution in [0.4, 0.5) is 0 Å². The summed E-state index contributed by atoms with van der Waals surface area (Å²) in [5.41, 5.74) is 0.351. The fraction of sp³-hybridized carbons (Fsp3) is 0.462. The second-order valence-electron chi connectivity index (χ2n) is 3.79. The van der Waals surface area contributed by atoms with Gasteiger partial charge in [-0.3, -0.25) is 4.79 Å². The van der Waals surface area contributed by atoms with Crippen molar-refractivity contribution in [1.82, 2.24) is 4.90 Å². The van der Waals surface area contributed by atoms with Crippen molar-refractivity contribution < 1.29 is 19.7 Å². The molecule has 0 radical (unpaired) electrons. The zero-order chi connectivity index (χ0) is 13.5. The van der Waals surface area contributed by atoms with E-state index in [0.717, 1.165) is 0 Å². The second kappa shape index (κ2) is 6.86. The van der Waals surface area contributed by atoms with Crippen molar-refractivity contribution in [3.05, 3.63) is 23.8 Å². The number of hydrogen-bond acceptors (Lipinski definition) is 4. The van der Waals surface area contributed by atoms with Gasteiger partial charge >= 0.3 is 0 Å². The Kier molecular flexibility index (Phi) is 5.45. The van der Waals surface area contributed by atoms with Crippen LogP contribution in [-0.4, -0.2) is 47.3 Å². The van der Waals surface area contributed by atoms with Crippen LogP contribution in [0.25, 0.3) is 0 Å². The molecular formula is C13H19NO4. The summed E-state index contributed by atoms with van der Waals surface area (Å²) in [5, 5.41) is 18.6. The molecule has 0 saturated heterocycles. The summed E-state index contributed by atoms with van der Waals surface area (Å²) < 4.78 is 5.21. The van der Waals surface area contributed by atoms with E-state index in [4.69, 9.17) is 4.74 Å². The van der Waals surface area contributed by atoms with Gasteiger partial charge in [0.2, 0.25) is 0 Å². The maximum absolute atomic E-state index is 12.1. The maximum atomic E-state index is 12.1. The molecule has 5 nitrogen and oxygen atoms in total. The number of amides is 1. The minimum atomic E-state index is -0.290. The molecule has 0 aliphatic carbocycles. The number of ether oxygens (including phenoxy) is 1. The lowest BCUT2D eigenvalue weighted by molar-refractivity contribution is 0.0669. The van der Waals surface area contributed by atoms with Gasteiger partial charge in [-0.25, -0.2) is 0 Å². The number of hydrogen-bond donors (Lipinski definition) is 2. The van der Waals surface area contributed by atoms with E-state index in [1.807, 2.05) is 13.8 Å². The molecule has 0 bridgehead atoms. The molecule has 1 rings (SSSR count). The summed E-state index contributed by atoms with van der Waals surface area (Å²) in [4.78, 5) is 13.7. The zero-order valence-corrected chi connectivity index (χ0v) is 10.7. The van der Waals surface area contributed by atoms with Crippen molar-refractivity contribution in [3.63, 3.8) is 0 Å². The minimum absolute atomic E-state index is 0.187. The van der Waals surface area contributed by atoms with Crippen LogP contribution in [0.2, 0.25) is 0 Å². The number of phenols is 2. The van der Waals surface area contributed by atoms with Crippen molar-refractivity contribution in [1.29, 1.82) is 0 Å². The van der Waals surface area contributed by atoms with Gasteiger partial charge in [-0.05, 0) is 32.0 Å². The molecule has 1 aromatic rings. The van der Waals surface area contributed by atoms with Crippen molar-refractivity contribution in [2.75, 3.05) is 26.3 Å². The first kappa shape index (κ1) is 14.3. The van der Waals surface area contributed by atoms with Crippen LogP contribution < -0.4 is 0 Å². The molecule has 0 aromatic heterocycles. The first-order valence-electron chi connectivity index (χ1n) is 5.99. The number of carbonyl (C=O) groups is 1. The fourth-order valence-electron chi connectivity index (χ4n) is 1.56. The Balaban J connectivity index is 2.73. The van der Waals surface area contributed by atoms with E-state index < -0.39 is 0 Å². The van der Waals surface area contributed by atoms with Crippen LogP contribution in [0.1, 0.15) is 24.2 Å². The predicted octanol–water partition coefficient (Wildman–Crippen LogP) is 1.60. The molecule has 100 valence electrons. The van der Waals surface area contributed by atoms with Gasteiger partial charge in [0.1, 0.15) is 0 Å². The smallest absolute Gasteiger partial charge is 0.254 e. The number of carbonyl (C=O) groups excluding carboxylic acids is 1. The third-order valence-corrected chi connectivity index (χ3v) is 2.60. The Morgan fingerprint density at radius 1 is 1.28 bits per heavy atom. The molecular weight excluding hydrogens is 234 g/mol. The number of likely N-dealkylation sites (N-methyl/N-ethyl adjacent to an activating group) is 1. The molecule has 2 N–H and O–H groups in total. The molecule has 0 heterocycles. The highest BCUT2D eigenvalue weighted by molar-refractivity contribution is 5.94. The van der Waals surface area contributed by atoms with E-state index in [2.05, 4.69) is 0 Å². The Bertz CT molecular complexity index is 406. The average molecular weight is 253 g/mol. The maximum Gasteiger partial charge on any atom is 0.254 e. The highest BCUT2D eigenvalue weighted by Crippen LogP contribution is 2.25. The van der Waals surface area contributed by atoms with Crippen LogP contribution >= 0.6 is 0 Å². The quantitative estimate of drug-likeness (QED) is 0.596. The van der Waals surface area contributed by atoms with Gasteiger partial charge in [0, 0.05) is 25.3 Å². The standard InChI is InChI=1S/C13H19NO4/c1-3-14(7-8-18-4-2)13(17)10-5-6-11(15)12(16)9-10/h5-6,9,15-16H,3-4,7-8H2,1-2H3. The molecule has 1 amide bonds. The number of aromatic hydroxyl groups is 2. The molecule has 0 unspecified atom stereocenters. The Morgan fingerprint density at radius 2 is 2.00 bits per heavy atom. The molecule has 0 atom stereocenters. The molecule has 5 heteroatoms. The van der Waals surface area contributed by atoms with E-state index >= 15 is 0 Å². The summed E-state index contributed by atoms with van der Waals surface area (Å²) in [6.07, 6.45) is 0. The molecule has 18 heavy (non-hydrogen) atoms. The number of rotatable bonds is 6. The van der Waals surface area contributed by atoms with Crippen LogP contribution in [0.5, 0.6) is 11.5 Å². The third-order valence-electron chi connectivity index (χ3n) is 2.60. The molecule has 0 saturated carbocycles. The summed E-state index contributed by atoms with van der Waals surface area (Å²) >= 11 is 0. The molecule has 1 aromatic carbocycles. The Hall–Kier alpha value is -1.75. The molecule has 0 spiro atoms. The van der Waals surface area contributed by atoms with E-state index in [9.17, 15) is 15.0 Å². The molecule has 0 aliphatic rings. The lowest BCUT2D eigenvalue weighted by Gasteiger charge is -2.20. The van der Waals surface area contributed by atoms with Crippen molar-refractivity contribution in [3.8, 4) is 11.5 Å². The van der Waals surface area contributed by atoms with Crippen LogP contribution in [0, 0.1) is 0 Å². The lowest BCUT2D eigenvalue weighted by atomic mass is 10.1. The first-order valence-corrected chi connectivity index (χ1v) is 5.99. The largest absolute Gasteiger partial charge is 0.504 e. The summed E-state index contributed by atoms with van der Waals surface area (Å²) in [6, 6.07) is 4.06. The highest BCUT2D eigenvalue weighted by atomic mass is 16.5. The normalized spacial score (nSPS) is 10.3. The average Bonchev–Trinajstić information content (AvgIpc) is 2.37. The predicted molar refractivity (Wildman–Crippen MR) is 67.8 cm³/mol. The van der Waals surface area contributed by atoms with Crippen molar-refractivity contribution in [2.45, 2.75) is 13.8 Å². The first-order chi connectivity index (χ1) is 8.60. The zero-order valence-electron chi connectivity index (χ0n) is 10.7. The Labute approximate surface area is 107 Å². The SMILES string of the molecule is CCOCCN(CC)C(=O)c1ccc(O)c(O)c1. The molecule has 0 fully saturated rings. The summed E-state index contributed by atoms with van der Waals surface area (Å²) in [7, 11) is 0. The number of nitrogens with zero attached hydrogens (tertiary/aromatic N) is 1. The van der Waals surface area contributed by atoms with Gasteiger partial charge in [-0.2, -0.15) is 0 Å². The summed E-state index contributed by atoms with van der Waals surface area (Å²) in [5.74, 6) is -0.710. The van der Waals surface area contributed by atoms with Crippen LogP contribution in [-0.2, 0) is 4.74 Å². The lowest BCUT2D eigenvalue weighted by Crippen LogP contribution is -2.33. The van der Waals surface area contributed by atoms with Gasteiger partial charge in [0.15, 0.2) is 11.5 Å². The van der Waals surface area contributed by atoms with Crippen molar-refractivity contribution in [2.24, 2.45) is 0 Å². The fourth-order valence-corrected chi connectivity index (χ4v) is 1.56. The topological polar surface area (TPSA) is 70.0 Å². The van der Waals surface area contributed by atoms with Gasteiger partial charge in [-0.1, -0.05) is 0 Å². The Morgan fingerprint density at radius 3 is 2.56 bits per heavy atom. The summed E-state index contributed by atoms with van der Waals surface area (Å²) in [6.45, 7) is 5.95. The van der Waals surface area contributed by atoms with E-state index in [1.54, 1.807) is 4.90 Å². The monoisotopic (exact) mass is 253 g/mol. The van der Waals surface area contributed by atoms with E-state index in [1.165, 1.54) is 18.2 Å². The van der Waals surface area contributed by atoms with E-state index in [0.29, 0.717) is 31.9 Å². The molecule has 0 aliphatic heterocycles. The highest BCUT2D eigenvalue weighted by Gasteiger charge is 2.15.